The first-order valence-electron chi connectivity index (χ1n) is 9.37. The number of piperidine rings is 1. The van der Waals surface area contributed by atoms with Gasteiger partial charge in [-0.15, -0.1) is 22.7 Å². The van der Waals surface area contributed by atoms with Gasteiger partial charge in [0.15, 0.2) is 0 Å². The summed E-state index contributed by atoms with van der Waals surface area (Å²) in [6.45, 7) is 6.21. The van der Waals surface area contributed by atoms with Gasteiger partial charge >= 0.3 is 5.97 Å². The number of esters is 1. The number of anilines is 1. The minimum absolute atomic E-state index is 0.129. The first-order chi connectivity index (χ1) is 13.8. The second kappa shape index (κ2) is 8.95. The van der Waals surface area contributed by atoms with Crippen molar-refractivity contribution in [1.82, 2.24) is 4.31 Å². The van der Waals surface area contributed by atoms with Gasteiger partial charge in [0.25, 0.3) is 10.0 Å². The van der Waals surface area contributed by atoms with E-state index in [1.54, 1.807) is 24.4 Å². The molecule has 0 saturated carbocycles. The molecule has 2 aromatic heterocycles. The number of carbonyl (C=O) groups excluding carboxylic acids is 2. The molecule has 2 aromatic rings. The van der Waals surface area contributed by atoms with Gasteiger partial charge in [-0.3, -0.25) is 4.79 Å². The minimum Gasteiger partial charge on any atom is -0.462 e. The summed E-state index contributed by atoms with van der Waals surface area (Å²) in [5, 5.41) is 5.03. The highest BCUT2D eigenvalue weighted by Crippen LogP contribution is 2.34. The molecular formula is C19H24N2O5S3. The SMILES string of the molecule is CCOC(=O)c1c(NC(=O)[C@H]2CCCN(S(=O)(=O)c3cccs3)C2)sc(C)c1C. The Morgan fingerprint density at radius 1 is 1.34 bits per heavy atom. The Labute approximate surface area is 178 Å². The lowest BCUT2D eigenvalue weighted by Crippen LogP contribution is -2.43. The van der Waals surface area contributed by atoms with Crippen LogP contribution >= 0.6 is 22.7 Å². The van der Waals surface area contributed by atoms with Gasteiger partial charge in [-0.1, -0.05) is 6.07 Å². The Balaban J connectivity index is 1.76. The van der Waals surface area contributed by atoms with Crippen molar-refractivity contribution in [2.24, 2.45) is 5.92 Å². The fourth-order valence-corrected chi connectivity index (χ4v) is 7.01. The van der Waals surface area contributed by atoms with Crippen LogP contribution in [0.15, 0.2) is 21.7 Å². The lowest BCUT2D eigenvalue weighted by Gasteiger charge is -2.30. The fraction of sp³-hybridized carbons (Fsp3) is 0.474. The summed E-state index contributed by atoms with van der Waals surface area (Å²) in [6, 6.07) is 3.27. The third-order valence-corrected chi connectivity index (χ3v) is 9.31. The summed E-state index contributed by atoms with van der Waals surface area (Å²) < 4.78 is 32.4. The average molecular weight is 457 g/mol. The van der Waals surface area contributed by atoms with E-state index < -0.39 is 21.9 Å². The van der Waals surface area contributed by atoms with Gasteiger partial charge in [0.2, 0.25) is 5.91 Å². The normalized spacial score (nSPS) is 17.8. The van der Waals surface area contributed by atoms with Crippen LogP contribution in [0.25, 0.3) is 0 Å². The molecule has 0 aliphatic carbocycles. The minimum atomic E-state index is -3.59. The molecule has 0 bridgehead atoms. The Morgan fingerprint density at radius 3 is 2.76 bits per heavy atom. The van der Waals surface area contributed by atoms with E-state index in [1.165, 1.54) is 27.0 Å². The molecule has 1 fully saturated rings. The number of sulfonamides is 1. The average Bonchev–Trinajstić information content (AvgIpc) is 3.32. The number of rotatable bonds is 6. The molecule has 1 saturated heterocycles. The molecule has 7 nitrogen and oxygen atoms in total. The summed E-state index contributed by atoms with van der Waals surface area (Å²) >= 11 is 2.50. The van der Waals surface area contributed by atoms with Gasteiger partial charge < -0.3 is 10.1 Å². The zero-order chi connectivity index (χ0) is 21.2. The number of hydrogen-bond acceptors (Lipinski definition) is 7. The maximum Gasteiger partial charge on any atom is 0.341 e. The molecule has 158 valence electrons. The van der Waals surface area contributed by atoms with E-state index in [0.29, 0.717) is 30.0 Å². The van der Waals surface area contributed by atoms with Crippen LogP contribution in [0, 0.1) is 19.8 Å². The van der Waals surface area contributed by atoms with Crippen molar-refractivity contribution in [3.63, 3.8) is 0 Å². The largest absolute Gasteiger partial charge is 0.462 e. The van der Waals surface area contributed by atoms with Crippen LogP contribution in [0.4, 0.5) is 5.00 Å². The number of nitrogens with zero attached hydrogens (tertiary/aromatic N) is 1. The molecule has 10 heteroatoms. The second-order valence-corrected chi connectivity index (χ2v) is 11.2. The van der Waals surface area contributed by atoms with Crippen LogP contribution in [0.2, 0.25) is 0 Å². The molecule has 1 N–H and O–H groups in total. The number of carbonyl (C=O) groups is 2. The zero-order valence-corrected chi connectivity index (χ0v) is 19.0. The van der Waals surface area contributed by atoms with E-state index in [0.717, 1.165) is 10.4 Å². The molecule has 0 unspecified atom stereocenters. The van der Waals surface area contributed by atoms with Crippen molar-refractivity contribution in [1.29, 1.82) is 0 Å². The van der Waals surface area contributed by atoms with E-state index in [-0.39, 0.29) is 23.3 Å². The molecule has 3 heterocycles. The topological polar surface area (TPSA) is 92.8 Å². The third kappa shape index (κ3) is 4.55. The van der Waals surface area contributed by atoms with Gasteiger partial charge in [0.05, 0.1) is 18.1 Å². The standard InChI is InChI=1S/C19H24N2O5S3/c1-4-26-19(23)16-12(2)13(3)28-18(16)20-17(22)14-7-5-9-21(11-14)29(24,25)15-8-6-10-27-15/h6,8,10,14H,4-5,7,9,11H2,1-3H3,(H,20,22)/t14-/m0/s1. The first-order valence-corrected chi connectivity index (χ1v) is 12.5. The summed E-state index contributed by atoms with van der Waals surface area (Å²) in [5.41, 5.74) is 1.16. The molecule has 1 amide bonds. The smallest absolute Gasteiger partial charge is 0.341 e. The third-order valence-electron chi connectivity index (χ3n) is 4.95. The monoisotopic (exact) mass is 456 g/mol. The van der Waals surface area contributed by atoms with Crippen molar-refractivity contribution < 1.29 is 22.7 Å². The van der Waals surface area contributed by atoms with Crippen LogP contribution in [-0.2, 0) is 19.6 Å². The van der Waals surface area contributed by atoms with Gasteiger partial charge in [-0.05, 0) is 50.6 Å². The highest BCUT2D eigenvalue weighted by atomic mass is 32.2. The van der Waals surface area contributed by atoms with Crippen molar-refractivity contribution in [3.8, 4) is 0 Å². The molecule has 1 atom stereocenters. The maximum atomic E-state index is 12.9. The second-order valence-electron chi connectivity index (χ2n) is 6.83. The quantitative estimate of drug-likeness (QED) is 0.670. The summed E-state index contributed by atoms with van der Waals surface area (Å²) in [4.78, 5) is 26.1. The lowest BCUT2D eigenvalue weighted by molar-refractivity contribution is -0.120. The van der Waals surface area contributed by atoms with Crippen molar-refractivity contribution >= 4 is 49.6 Å². The Bertz CT molecular complexity index is 995. The van der Waals surface area contributed by atoms with E-state index >= 15 is 0 Å². The maximum absolute atomic E-state index is 12.9. The van der Waals surface area contributed by atoms with E-state index in [4.69, 9.17) is 4.74 Å². The summed E-state index contributed by atoms with van der Waals surface area (Å²) in [5.74, 6) is -1.21. The van der Waals surface area contributed by atoms with Gasteiger partial charge in [0, 0.05) is 18.0 Å². The predicted octanol–water partition coefficient (Wildman–Crippen LogP) is 3.64. The number of amides is 1. The molecule has 1 aliphatic rings. The number of hydrogen-bond donors (Lipinski definition) is 1. The Kier molecular flexibility index (Phi) is 6.77. The van der Waals surface area contributed by atoms with Crippen molar-refractivity contribution in [2.75, 3.05) is 25.0 Å². The predicted molar refractivity (Wildman–Crippen MR) is 114 cm³/mol. The van der Waals surface area contributed by atoms with Gasteiger partial charge in [-0.2, -0.15) is 4.31 Å². The number of thiophene rings is 2. The van der Waals surface area contributed by atoms with E-state index in [9.17, 15) is 18.0 Å². The van der Waals surface area contributed by atoms with Crippen LogP contribution < -0.4 is 5.32 Å². The summed E-state index contributed by atoms with van der Waals surface area (Å²) in [7, 11) is -3.59. The van der Waals surface area contributed by atoms with Gasteiger partial charge in [0.1, 0.15) is 9.21 Å². The first kappa shape index (κ1) is 21.9. The molecule has 29 heavy (non-hydrogen) atoms. The number of nitrogens with one attached hydrogen (secondary N) is 1. The molecule has 0 radical (unpaired) electrons. The lowest BCUT2D eigenvalue weighted by atomic mass is 9.99. The Hall–Kier alpha value is -1.75. The number of aryl methyl sites for hydroxylation is 1. The van der Waals surface area contributed by atoms with Crippen LogP contribution in [0.3, 0.4) is 0 Å². The zero-order valence-electron chi connectivity index (χ0n) is 16.6. The van der Waals surface area contributed by atoms with Crippen molar-refractivity contribution in [3.05, 3.63) is 33.5 Å². The highest BCUT2D eigenvalue weighted by Gasteiger charge is 2.34. The van der Waals surface area contributed by atoms with E-state index in [1.807, 2.05) is 13.8 Å². The number of ether oxygens (including phenoxy) is 1. The van der Waals surface area contributed by atoms with Crippen molar-refractivity contribution in [2.45, 2.75) is 37.8 Å². The van der Waals surface area contributed by atoms with Crippen LogP contribution in [0.1, 0.15) is 40.6 Å². The van der Waals surface area contributed by atoms with E-state index in [2.05, 4.69) is 5.32 Å². The molecule has 0 aromatic carbocycles. The fourth-order valence-electron chi connectivity index (χ4n) is 3.29. The summed E-state index contributed by atoms with van der Waals surface area (Å²) in [6.07, 6.45) is 1.20. The van der Waals surface area contributed by atoms with Crippen LogP contribution in [0.5, 0.6) is 0 Å². The Morgan fingerprint density at radius 2 is 2.10 bits per heavy atom. The molecule has 1 aliphatic heterocycles. The molecule has 0 spiro atoms. The van der Waals surface area contributed by atoms with Gasteiger partial charge in [-0.25, -0.2) is 13.2 Å². The molecular weight excluding hydrogens is 432 g/mol. The van der Waals surface area contributed by atoms with Crippen LogP contribution in [-0.4, -0.2) is 44.3 Å². The molecule has 3 rings (SSSR count). The highest BCUT2D eigenvalue weighted by molar-refractivity contribution is 7.91.